The number of esters is 1. The number of aldehydes is 1. The summed E-state index contributed by atoms with van der Waals surface area (Å²) in [5.41, 5.74) is -2.07. The molecule has 2 heterocycles. The quantitative estimate of drug-likeness (QED) is 0.114. The molecular formula is C38H71NO9. The third-order valence-corrected chi connectivity index (χ3v) is 11.1. The first-order valence-electron chi connectivity index (χ1n) is 18.6. The molecule has 0 aromatic carbocycles. The maximum atomic E-state index is 13.9. The highest BCUT2D eigenvalue weighted by Gasteiger charge is 2.48. The van der Waals surface area contributed by atoms with E-state index in [0.717, 1.165) is 32.0 Å². The first kappa shape index (κ1) is 43.0. The van der Waals surface area contributed by atoms with Gasteiger partial charge in [-0.15, -0.1) is 0 Å². The Labute approximate surface area is 292 Å². The zero-order valence-electron chi connectivity index (χ0n) is 32.5. The second-order valence-corrected chi connectivity index (χ2v) is 15.9. The van der Waals surface area contributed by atoms with Crippen molar-refractivity contribution in [3.8, 4) is 0 Å². The molecule has 48 heavy (non-hydrogen) atoms. The maximum Gasteiger partial charge on any atom is 0.311 e. The summed E-state index contributed by atoms with van der Waals surface area (Å²) in [6.07, 6.45) is 4.49. The van der Waals surface area contributed by atoms with Gasteiger partial charge >= 0.3 is 5.97 Å². The number of hydrogen-bond donors (Lipinski definition) is 1. The van der Waals surface area contributed by atoms with Crippen molar-refractivity contribution in [1.29, 1.82) is 0 Å². The highest BCUT2D eigenvalue weighted by Crippen LogP contribution is 2.39. The van der Waals surface area contributed by atoms with Gasteiger partial charge in [0.05, 0.1) is 41.5 Å². The monoisotopic (exact) mass is 686 g/mol. The topological polar surface area (TPSA) is 113 Å². The minimum atomic E-state index is -1.35. The van der Waals surface area contributed by atoms with Crippen molar-refractivity contribution in [1.82, 2.24) is 4.90 Å². The van der Waals surface area contributed by atoms with Gasteiger partial charge in [0.15, 0.2) is 12.6 Å². The Kier molecular flexibility index (Phi) is 17.4. The Morgan fingerprint density at radius 3 is 2.08 bits per heavy atom. The highest BCUT2D eigenvalue weighted by molar-refractivity contribution is 5.72. The van der Waals surface area contributed by atoms with Crippen molar-refractivity contribution < 1.29 is 43.1 Å². The lowest BCUT2D eigenvalue weighted by atomic mass is 9.77. The summed E-state index contributed by atoms with van der Waals surface area (Å²) < 4.78 is 38.7. The molecule has 0 saturated carbocycles. The standard InChI is InChI=1S/C38H71NO9/c1-14-24(3)22-38(10,43-13)35(48-33-21-31(39(11)12)20-27(6)46-33)28(7)34(47-32-19-25(4)18-26(5)45-32)29(8)36(41)44-23-37(9,42)30(15-2)16-17-40/h17,24-35,42H,14-16,18-23H2,1-13H3/t24-,25+,26?,27?,28-,29?,30?,31?,32-,33?,34-,35+,37+,38+/m0/s1. The molecule has 2 saturated heterocycles. The number of aliphatic hydroxyl groups is 1. The SMILES string of the molecule is CCC(CC=O)[C@](C)(O)COC(=O)C(C)[C@@H](O[C@H]1C[C@H](C)CC(C)O1)[C@H](C)[C@@H](OC1CC(N(C)C)CC(C)O1)[C@@](C)(C[C@@H](C)CC)OC. The van der Waals surface area contributed by atoms with Gasteiger partial charge in [0.1, 0.15) is 12.9 Å². The molecule has 6 unspecified atom stereocenters. The second kappa shape index (κ2) is 19.5. The Hall–Kier alpha value is -1.14. The normalized spacial score (nSPS) is 31.5. The molecule has 0 aromatic heterocycles. The van der Waals surface area contributed by atoms with Crippen LogP contribution in [0.2, 0.25) is 0 Å². The van der Waals surface area contributed by atoms with Crippen LogP contribution in [0.5, 0.6) is 0 Å². The summed E-state index contributed by atoms with van der Waals surface area (Å²) in [4.78, 5) is 27.3. The van der Waals surface area contributed by atoms with E-state index in [0.29, 0.717) is 37.1 Å². The van der Waals surface area contributed by atoms with Crippen molar-refractivity contribution in [2.75, 3.05) is 27.8 Å². The predicted octanol–water partition coefficient (Wildman–Crippen LogP) is 6.40. The van der Waals surface area contributed by atoms with E-state index in [4.69, 9.17) is 28.4 Å². The van der Waals surface area contributed by atoms with Gasteiger partial charge in [-0.25, -0.2) is 0 Å². The van der Waals surface area contributed by atoms with Gasteiger partial charge in [-0.2, -0.15) is 0 Å². The van der Waals surface area contributed by atoms with Gasteiger partial charge in [-0.1, -0.05) is 47.5 Å². The number of methoxy groups -OCH3 is 1. The van der Waals surface area contributed by atoms with Crippen LogP contribution in [-0.2, 0) is 38.0 Å². The summed E-state index contributed by atoms with van der Waals surface area (Å²) in [6.45, 7) is 20.0. The van der Waals surface area contributed by atoms with Gasteiger partial charge < -0.3 is 43.2 Å². The summed E-state index contributed by atoms with van der Waals surface area (Å²) in [5, 5.41) is 11.2. The molecule has 0 spiro atoms. The third-order valence-electron chi connectivity index (χ3n) is 11.1. The summed E-state index contributed by atoms with van der Waals surface area (Å²) in [5.74, 6) is -1.13. The fourth-order valence-corrected chi connectivity index (χ4v) is 7.79. The minimum absolute atomic E-state index is 0.0222. The van der Waals surface area contributed by atoms with E-state index in [1.807, 2.05) is 13.8 Å². The highest BCUT2D eigenvalue weighted by atomic mass is 16.7. The van der Waals surface area contributed by atoms with Gasteiger partial charge in [-0.05, 0) is 85.7 Å². The molecule has 0 bridgehead atoms. The second-order valence-electron chi connectivity index (χ2n) is 15.9. The molecule has 0 aliphatic carbocycles. The van der Waals surface area contributed by atoms with Crippen molar-refractivity contribution >= 4 is 12.3 Å². The van der Waals surface area contributed by atoms with Gasteiger partial charge in [0.2, 0.25) is 0 Å². The molecule has 2 aliphatic rings. The number of carbonyl (C=O) groups excluding carboxylic acids is 2. The molecule has 10 heteroatoms. The van der Waals surface area contributed by atoms with Gasteiger partial charge in [-0.3, -0.25) is 4.79 Å². The molecule has 2 fully saturated rings. The molecule has 14 atom stereocenters. The van der Waals surface area contributed by atoms with Crippen LogP contribution in [0.3, 0.4) is 0 Å². The van der Waals surface area contributed by atoms with Crippen LogP contribution in [0.25, 0.3) is 0 Å². The largest absolute Gasteiger partial charge is 0.462 e. The van der Waals surface area contributed by atoms with Crippen LogP contribution >= 0.6 is 0 Å². The van der Waals surface area contributed by atoms with Crippen molar-refractivity contribution in [2.24, 2.45) is 29.6 Å². The molecule has 0 aromatic rings. The molecule has 2 aliphatic heterocycles. The van der Waals surface area contributed by atoms with Crippen molar-refractivity contribution in [3.05, 3.63) is 0 Å². The molecule has 0 radical (unpaired) electrons. The lowest BCUT2D eigenvalue weighted by Crippen LogP contribution is -2.56. The number of nitrogens with zero attached hydrogens (tertiary/aromatic N) is 1. The maximum absolute atomic E-state index is 13.9. The van der Waals surface area contributed by atoms with Crippen LogP contribution in [0.15, 0.2) is 0 Å². The Morgan fingerprint density at radius 1 is 0.958 bits per heavy atom. The van der Waals surface area contributed by atoms with Gasteiger partial charge in [0, 0.05) is 38.3 Å². The molecule has 1 N–H and O–H groups in total. The van der Waals surface area contributed by atoms with Crippen LogP contribution < -0.4 is 0 Å². The van der Waals surface area contributed by atoms with E-state index in [2.05, 4.69) is 67.5 Å². The van der Waals surface area contributed by atoms with E-state index in [9.17, 15) is 14.7 Å². The molecule has 282 valence electrons. The smallest absolute Gasteiger partial charge is 0.311 e. The fraction of sp³-hybridized carbons (Fsp3) is 0.947. The Balaban J connectivity index is 2.51. The first-order valence-corrected chi connectivity index (χ1v) is 18.6. The number of ether oxygens (including phenoxy) is 6. The van der Waals surface area contributed by atoms with Crippen LogP contribution in [0, 0.1) is 29.6 Å². The Bertz CT molecular complexity index is 952. The molecule has 2 rings (SSSR count). The summed E-state index contributed by atoms with van der Waals surface area (Å²) in [6, 6.07) is 0.302. The van der Waals surface area contributed by atoms with Crippen LogP contribution in [0.4, 0.5) is 0 Å². The van der Waals surface area contributed by atoms with E-state index in [-0.39, 0.29) is 37.1 Å². The average Bonchev–Trinajstić information content (AvgIpc) is 3.02. The Morgan fingerprint density at radius 2 is 1.56 bits per heavy atom. The number of hydrogen-bond acceptors (Lipinski definition) is 10. The first-order chi connectivity index (χ1) is 22.4. The third kappa shape index (κ3) is 12.3. The number of carbonyl (C=O) groups is 2. The predicted molar refractivity (Wildman–Crippen MR) is 187 cm³/mol. The van der Waals surface area contributed by atoms with Gasteiger partial charge in [0.25, 0.3) is 0 Å². The molecule has 0 amide bonds. The van der Waals surface area contributed by atoms with Crippen LogP contribution in [-0.4, -0.2) is 104 Å². The molecule has 10 nitrogen and oxygen atoms in total. The van der Waals surface area contributed by atoms with E-state index < -0.39 is 47.9 Å². The lowest BCUT2D eigenvalue weighted by Gasteiger charge is -2.47. The zero-order chi connectivity index (χ0) is 36.4. The van der Waals surface area contributed by atoms with E-state index in [1.165, 1.54) is 0 Å². The lowest BCUT2D eigenvalue weighted by molar-refractivity contribution is -0.286. The van der Waals surface area contributed by atoms with Crippen LogP contribution in [0.1, 0.15) is 121 Å². The summed E-state index contributed by atoms with van der Waals surface area (Å²) in [7, 11) is 5.90. The van der Waals surface area contributed by atoms with E-state index >= 15 is 0 Å². The minimum Gasteiger partial charge on any atom is -0.462 e. The number of rotatable bonds is 20. The van der Waals surface area contributed by atoms with E-state index in [1.54, 1.807) is 14.0 Å². The summed E-state index contributed by atoms with van der Waals surface area (Å²) >= 11 is 0. The van der Waals surface area contributed by atoms with Crippen molar-refractivity contribution in [3.63, 3.8) is 0 Å². The molecular weight excluding hydrogens is 614 g/mol. The zero-order valence-corrected chi connectivity index (χ0v) is 32.5. The average molecular weight is 686 g/mol. The van der Waals surface area contributed by atoms with Crippen molar-refractivity contribution in [2.45, 2.75) is 175 Å². The fourth-order valence-electron chi connectivity index (χ4n) is 7.79.